The number of aromatic nitrogens is 3. The molecule has 2 aromatic heterocycles. The van der Waals surface area contributed by atoms with Crippen molar-refractivity contribution in [3.05, 3.63) is 51.9 Å². The molecule has 0 bridgehead atoms. The Labute approximate surface area is 180 Å². The van der Waals surface area contributed by atoms with Crippen LogP contribution in [-0.2, 0) is 0 Å². The summed E-state index contributed by atoms with van der Waals surface area (Å²) in [6.45, 7) is 5.31. The van der Waals surface area contributed by atoms with Crippen molar-refractivity contribution in [3.8, 4) is 11.1 Å². The third-order valence-electron chi connectivity index (χ3n) is 5.25. The molecule has 3 aromatic rings. The standard InChI is InChI=1S/C21H23ClN4O2.ClH/c1-12(21(2,3)28)24-20-23-11-13-10-16(15-6-4-5-7-17(15)22)19(27)26(14-8-9-14)18(13)25-20;/h4-7,10-12,14,28H,8-9H2,1-3H3,(H,23,24,25);1H. The van der Waals surface area contributed by atoms with Crippen LogP contribution in [0.15, 0.2) is 41.3 Å². The first-order valence-corrected chi connectivity index (χ1v) is 9.79. The van der Waals surface area contributed by atoms with Crippen LogP contribution in [0.3, 0.4) is 0 Å². The second kappa shape index (κ2) is 7.94. The fraction of sp³-hybridized carbons (Fsp3) is 0.381. The van der Waals surface area contributed by atoms with Crippen LogP contribution in [0.1, 0.15) is 39.7 Å². The first-order chi connectivity index (χ1) is 13.3. The lowest BCUT2D eigenvalue weighted by molar-refractivity contribution is 0.0646. The van der Waals surface area contributed by atoms with Gasteiger partial charge in [-0.1, -0.05) is 29.8 Å². The molecular weight excluding hydrogens is 411 g/mol. The average Bonchev–Trinajstić information content (AvgIpc) is 3.46. The van der Waals surface area contributed by atoms with Crippen molar-refractivity contribution < 1.29 is 5.11 Å². The molecule has 0 spiro atoms. The highest BCUT2D eigenvalue weighted by atomic mass is 35.5. The smallest absolute Gasteiger partial charge is 0.260 e. The third kappa shape index (κ3) is 4.25. The van der Waals surface area contributed by atoms with Gasteiger partial charge in [0.1, 0.15) is 5.65 Å². The van der Waals surface area contributed by atoms with Gasteiger partial charge >= 0.3 is 0 Å². The van der Waals surface area contributed by atoms with E-state index >= 15 is 0 Å². The van der Waals surface area contributed by atoms with Gasteiger partial charge in [-0.3, -0.25) is 9.36 Å². The van der Waals surface area contributed by atoms with E-state index in [1.807, 2.05) is 25.1 Å². The van der Waals surface area contributed by atoms with E-state index in [0.29, 0.717) is 27.7 Å². The van der Waals surface area contributed by atoms with E-state index in [-0.39, 0.29) is 30.0 Å². The monoisotopic (exact) mass is 434 g/mol. The molecule has 1 aliphatic rings. The van der Waals surface area contributed by atoms with Crippen LogP contribution in [0.2, 0.25) is 5.02 Å². The summed E-state index contributed by atoms with van der Waals surface area (Å²) >= 11 is 6.34. The predicted molar refractivity (Wildman–Crippen MR) is 119 cm³/mol. The molecule has 0 saturated heterocycles. The minimum atomic E-state index is -0.928. The SMILES string of the molecule is CC(Nc1ncc2cc(-c3ccccc3Cl)c(=O)n(C3CC3)c2n1)C(C)(C)O.Cl. The summed E-state index contributed by atoms with van der Waals surface area (Å²) in [6.07, 6.45) is 3.61. The highest BCUT2D eigenvalue weighted by Crippen LogP contribution is 2.37. The topological polar surface area (TPSA) is 80.0 Å². The van der Waals surface area contributed by atoms with Crippen molar-refractivity contribution in [1.29, 1.82) is 0 Å². The Morgan fingerprint density at radius 1 is 1.28 bits per heavy atom. The molecule has 1 atom stereocenters. The fourth-order valence-corrected chi connectivity index (χ4v) is 3.34. The van der Waals surface area contributed by atoms with Gasteiger partial charge in [-0.15, -0.1) is 12.4 Å². The number of halogens is 2. The number of nitrogens with one attached hydrogen (secondary N) is 1. The zero-order valence-corrected chi connectivity index (χ0v) is 18.1. The highest BCUT2D eigenvalue weighted by molar-refractivity contribution is 6.33. The largest absolute Gasteiger partial charge is 0.388 e. The average molecular weight is 435 g/mol. The molecule has 0 aliphatic heterocycles. The summed E-state index contributed by atoms with van der Waals surface area (Å²) in [5.41, 5.74) is 0.845. The molecule has 1 aliphatic carbocycles. The van der Waals surface area contributed by atoms with Gasteiger partial charge in [0.15, 0.2) is 0 Å². The third-order valence-corrected chi connectivity index (χ3v) is 5.58. The number of benzene rings is 1. The van der Waals surface area contributed by atoms with E-state index in [9.17, 15) is 9.90 Å². The maximum Gasteiger partial charge on any atom is 0.260 e. The number of rotatable bonds is 5. The summed E-state index contributed by atoms with van der Waals surface area (Å²) in [6, 6.07) is 9.04. The van der Waals surface area contributed by atoms with E-state index in [0.717, 1.165) is 18.2 Å². The molecule has 1 saturated carbocycles. The van der Waals surface area contributed by atoms with Gasteiger partial charge in [-0.05, 0) is 45.7 Å². The van der Waals surface area contributed by atoms with Gasteiger partial charge in [0.05, 0.1) is 11.6 Å². The summed E-state index contributed by atoms with van der Waals surface area (Å²) in [5.74, 6) is 0.390. The molecule has 2 heterocycles. The first-order valence-electron chi connectivity index (χ1n) is 9.42. The number of nitrogens with zero attached hydrogens (tertiary/aromatic N) is 3. The van der Waals surface area contributed by atoms with Crippen LogP contribution < -0.4 is 10.9 Å². The summed E-state index contributed by atoms with van der Waals surface area (Å²) in [7, 11) is 0. The lowest BCUT2D eigenvalue weighted by atomic mass is 10.0. The summed E-state index contributed by atoms with van der Waals surface area (Å²) in [5, 5.41) is 14.6. The second-order valence-electron chi connectivity index (χ2n) is 7.94. The Balaban J connectivity index is 0.00000240. The highest BCUT2D eigenvalue weighted by Gasteiger charge is 2.29. The molecule has 154 valence electrons. The number of fused-ring (bicyclic) bond motifs is 1. The molecule has 0 amide bonds. The molecule has 4 rings (SSSR count). The first kappa shape index (κ1) is 21.6. The normalized spacial score (nSPS) is 15.1. The molecule has 8 heteroatoms. The Hall–Kier alpha value is -2.15. The van der Waals surface area contributed by atoms with Gasteiger partial charge in [-0.25, -0.2) is 4.98 Å². The van der Waals surface area contributed by atoms with Crippen molar-refractivity contribution in [2.45, 2.75) is 51.3 Å². The molecule has 1 fully saturated rings. The van der Waals surface area contributed by atoms with Crippen LogP contribution in [0.25, 0.3) is 22.2 Å². The minimum Gasteiger partial charge on any atom is -0.388 e. The Morgan fingerprint density at radius 2 is 1.97 bits per heavy atom. The van der Waals surface area contributed by atoms with Crippen LogP contribution in [0.4, 0.5) is 5.95 Å². The van der Waals surface area contributed by atoms with Crippen LogP contribution in [0.5, 0.6) is 0 Å². The van der Waals surface area contributed by atoms with Crippen molar-refractivity contribution in [2.24, 2.45) is 0 Å². The van der Waals surface area contributed by atoms with E-state index in [1.54, 1.807) is 36.7 Å². The predicted octanol–water partition coefficient (Wildman–Crippen LogP) is 4.44. The zero-order chi connectivity index (χ0) is 20.1. The van der Waals surface area contributed by atoms with Crippen LogP contribution in [0, 0.1) is 0 Å². The van der Waals surface area contributed by atoms with E-state index < -0.39 is 5.60 Å². The Kier molecular flexibility index (Phi) is 5.90. The lowest BCUT2D eigenvalue weighted by Crippen LogP contribution is -2.39. The van der Waals surface area contributed by atoms with Gasteiger partial charge < -0.3 is 10.4 Å². The molecule has 1 aromatic carbocycles. The molecule has 29 heavy (non-hydrogen) atoms. The maximum absolute atomic E-state index is 13.3. The summed E-state index contributed by atoms with van der Waals surface area (Å²) < 4.78 is 1.76. The van der Waals surface area contributed by atoms with E-state index in [4.69, 9.17) is 11.6 Å². The summed E-state index contributed by atoms with van der Waals surface area (Å²) in [4.78, 5) is 22.3. The van der Waals surface area contributed by atoms with Gasteiger partial charge in [0, 0.05) is 33.8 Å². The van der Waals surface area contributed by atoms with Crippen LogP contribution in [-0.4, -0.2) is 31.3 Å². The van der Waals surface area contributed by atoms with E-state index in [2.05, 4.69) is 15.3 Å². The number of pyridine rings is 1. The second-order valence-corrected chi connectivity index (χ2v) is 8.34. The quantitative estimate of drug-likeness (QED) is 0.620. The number of aliphatic hydroxyl groups is 1. The minimum absolute atomic E-state index is 0. The number of hydrogen-bond acceptors (Lipinski definition) is 5. The zero-order valence-electron chi connectivity index (χ0n) is 16.5. The molecule has 1 unspecified atom stereocenters. The lowest BCUT2D eigenvalue weighted by Gasteiger charge is -2.26. The van der Waals surface area contributed by atoms with Crippen molar-refractivity contribution >= 4 is 41.0 Å². The van der Waals surface area contributed by atoms with Gasteiger partial charge in [0.2, 0.25) is 5.95 Å². The molecule has 0 radical (unpaired) electrons. The molecule has 2 N–H and O–H groups in total. The van der Waals surface area contributed by atoms with E-state index in [1.165, 1.54) is 0 Å². The van der Waals surface area contributed by atoms with Crippen molar-refractivity contribution in [2.75, 3.05) is 5.32 Å². The fourth-order valence-electron chi connectivity index (χ4n) is 3.10. The molecular formula is C21H24Cl2N4O2. The van der Waals surface area contributed by atoms with Gasteiger partial charge in [-0.2, -0.15) is 4.98 Å². The van der Waals surface area contributed by atoms with Crippen molar-refractivity contribution in [3.63, 3.8) is 0 Å². The van der Waals surface area contributed by atoms with Gasteiger partial charge in [0.25, 0.3) is 5.56 Å². The Morgan fingerprint density at radius 3 is 2.59 bits per heavy atom. The maximum atomic E-state index is 13.3. The van der Waals surface area contributed by atoms with Crippen molar-refractivity contribution in [1.82, 2.24) is 14.5 Å². The Bertz CT molecular complexity index is 1100. The number of anilines is 1. The number of hydrogen-bond donors (Lipinski definition) is 2. The van der Waals surface area contributed by atoms with Crippen LogP contribution >= 0.6 is 24.0 Å². The molecule has 6 nitrogen and oxygen atoms in total.